The highest BCUT2D eigenvalue weighted by molar-refractivity contribution is 5.95. The van der Waals surface area contributed by atoms with E-state index in [1.165, 1.54) is 0 Å². The third kappa shape index (κ3) is 3.68. The van der Waals surface area contributed by atoms with Crippen molar-refractivity contribution in [3.05, 3.63) is 29.8 Å². The standard InChI is InChI=1S/C10H12N2O3/c11-10(12)7-2-1-3-8(6-7)15-5-4-9(13)14/h1-3,6H,4-5H2,(H3,11,12)(H,13,14). The van der Waals surface area contributed by atoms with Gasteiger partial charge in [0.2, 0.25) is 0 Å². The van der Waals surface area contributed by atoms with Gasteiger partial charge in [0, 0.05) is 5.56 Å². The molecule has 80 valence electrons. The number of amidine groups is 1. The van der Waals surface area contributed by atoms with E-state index < -0.39 is 5.97 Å². The van der Waals surface area contributed by atoms with Crippen LogP contribution < -0.4 is 10.5 Å². The molecule has 0 saturated carbocycles. The van der Waals surface area contributed by atoms with Gasteiger partial charge in [0.05, 0.1) is 13.0 Å². The van der Waals surface area contributed by atoms with Crippen LogP contribution in [0.3, 0.4) is 0 Å². The van der Waals surface area contributed by atoms with E-state index in [1.807, 2.05) is 0 Å². The van der Waals surface area contributed by atoms with Crippen molar-refractivity contribution in [2.45, 2.75) is 6.42 Å². The van der Waals surface area contributed by atoms with Crippen molar-refractivity contribution in [3.63, 3.8) is 0 Å². The van der Waals surface area contributed by atoms with Gasteiger partial charge in [-0.2, -0.15) is 0 Å². The molecule has 1 rings (SSSR count). The molecule has 0 aromatic heterocycles. The predicted molar refractivity (Wildman–Crippen MR) is 55.2 cm³/mol. The third-order valence-corrected chi connectivity index (χ3v) is 1.73. The van der Waals surface area contributed by atoms with Gasteiger partial charge in [0.25, 0.3) is 0 Å². The van der Waals surface area contributed by atoms with Crippen LogP contribution >= 0.6 is 0 Å². The molecule has 0 bridgehead atoms. The van der Waals surface area contributed by atoms with Gasteiger partial charge in [-0.1, -0.05) is 12.1 Å². The summed E-state index contributed by atoms with van der Waals surface area (Å²) in [5.74, 6) is -0.430. The Morgan fingerprint density at radius 1 is 1.53 bits per heavy atom. The van der Waals surface area contributed by atoms with Gasteiger partial charge in [-0.15, -0.1) is 0 Å². The van der Waals surface area contributed by atoms with Crippen molar-refractivity contribution in [3.8, 4) is 5.75 Å². The van der Waals surface area contributed by atoms with Crippen molar-refractivity contribution < 1.29 is 14.6 Å². The number of hydrogen-bond donors (Lipinski definition) is 3. The first-order valence-electron chi connectivity index (χ1n) is 4.38. The highest BCUT2D eigenvalue weighted by Crippen LogP contribution is 2.12. The first-order chi connectivity index (χ1) is 7.09. The van der Waals surface area contributed by atoms with Crippen molar-refractivity contribution in [2.75, 3.05) is 6.61 Å². The van der Waals surface area contributed by atoms with Crippen molar-refractivity contribution in [2.24, 2.45) is 5.73 Å². The number of nitrogens with one attached hydrogen (secondary N) is 1. The average Bonchev–Trinajstić information content (AvgIpc) is 2.17. The topological polar surface area (TPSA) is 96.4 Å². The lowest BCUT2D eigenvalue weighted by Crippen LogP contribution is -2.11. The summed E-state index contributed by atoms with van der Waals surface area (Å²) in [4.78, 5) is 10.2. The van der Waals surface area contributed by atoms with Crippen molar-refractivity contribution >= 4 is 11.8 Å². The Morgan fingerprint density at radius 3 is 2.87 bits per heavy atom. The minimum absolute atomic E-state index is 0.0429. The van der Waals surface area contributed by atoms with Crippen LogP contribution in [-0.4, -0.2) is 23.5 Å². The fraction of sp³-hybridized carbons (Fsp3) is 0.200. The molecule has 5 nitrogen and oxygen atoms in total. The number of aliphatic carboxylic acids is 1. The molecule has 0 aliphatic carbocycles. The molecule has 5 heteroatoms. The molecule has 1 aromatic rings. The van der Waals surface area contributed by atoms with Crippen LogP contribution in [0.5, 0.6) is 5.75 Å². The smallest absolute Gasteiger partial charge is 0.306 e. The van der Waals surface area contributed by atoms with Gasteiger partial charge in [0.15, 0.2) is 0 Å². The fourth-order valence-corrected chi connectivity index (χ4v) is 1.01. The highest BCUT2D eigenvalue weighted by atomic mass is 16.5. The fourth-order valence-electron chi connectivity index (χ4n) is 1.01. The molecule has 0 fully saturated rings. The van der Waals surface area contributed by atoms with Crippen LogP contribution in [0.25, 0.3) is 0 Å². The zero-order valence-corrected chi connectivity index (χ0v) is 8.06. The summed E-state index contributed by atoms with van der Waals surface area (Å²) in [6.07, 6.45) is -0.0513. The molecule has 0 saturated heterocycles. The van der Waals surface area contributed by atoms with Gasteiger partial charge >= 0.3 is 5.97 Å². The number of benzene rings is 1. The van der Waals surface area contributed by atoms with Gasteiger partial charge in [-0.3, -0.25) is 10.2 Å². The Kier molecular flexibility index (Phi) is 3.68. The summed E-state index contributed by atoms with van der Waals surface area (Å²) in [6, 6.07) is 6.68. The number of carboxylic acids is 1. The van der Waals surface area contributed by atoms with Crippen LogP contribution in [0.15, 0.2) is 24.3 Å². The maximum Gasteiger partial charge on any atom is 0.306 e. The molecule has 4 N–H and O–H groups in total. The average molecular weight is 208 g/mol. The highest BCUT2D eigenvalue weighted by Gasteiger charge is 2.01. The van der Waals surface area contributed by atoms with E-state index >= 15 is 0 Å². The lowest BCUT2D eigenvalue weighted by molar-refractivity contribution is -0.137. The normalized spacial score (nSPS) is 9.60. The Bertz CT molecular complexity index is 377. The Morgan fingerprint density at radius 2 is 2.27 bits per heavy atom. The molecule has 0 atom stereocenters. The quantitative estimate of drug-likeness (QED) is 0.493. The van der Waals surface area contributed by atoms with Gasteiger partial charge in [-0.25, -0.2) is 0 Å². The van der Waals surface area contributed by atoms with E-state index in [0.717, 1.165) is 0 Å². The minimum Gasteiger partial charge on any atom is -0.493 e. The number of rotatable bonds is 5. The molecular weight excluding hydrogens is 196 g/mol. The third-order valence-electron chi connectivity index (χ3n) is 1.73. The second kappa shape index (κ2) is 4.99. The van der Waals surface area contributed by atoms with Crippen LogP contribution in [0, 0.1) is 5.41 Å². The summed E-state index contributed by atoms with van der Waals surface area (Å²) in [5.41, 5.74) is 5.85. The van der Waals surface area contributed by atoms with Gasteiger partial charge in [-0.05, 0) is 12.1 Å². The maximum absolute atomic E-state index is 10.2. The van der Waals surface area contributed by atoms with Crippen molar-refractivity contribution in [1.82, 2.24) is 0 Å². The minimum atomic E-state index is -0.905. The predicted octanol–water partition coefficient (Wildman–Crippen LogP) is 0.824. The number of nitrogen functional groups attached to an aromatic ring is 1. The largest absolute Gasteiger partial charge is 0.493 e. The molecular formula is C10H12N2O3. The molecule has 1 aromatic carbocycles. The second-order valence-corrected chi connectivity index (χ2v) is 2.93. The van der Waals surface area contributed by atoms with E-state index in [4.69, 9.17) is 21.0 Å². The Balaban J connectivity index is 2.58. The SMILES string of the molecule is N=C(N)c1cccc(OCCC(=O)O)c1. The summed E-state index contributed by atoms with van der Waals surface area (Å²) in [7, 11) is 0. The van der Waals surface area contributed by atoms with E-state index in [-0.39, 0.29) is 18.9 Å². The van der Waals surface area contributed by atoms with Crippen LogP contribution in [-0.2, 0) is 4.79 Å². The van der Waals surface area contributed by atoms with Crippen LogP contribution in [0.4, 0.5) is 0 Å². The van der Waals surface area contributed by atoms with Gasteiger partial charge < -0.3 is 15.6 Å². The Labute approximate surface area is 87.0 Å². The summed E-state index contributed by atoms with van der Waals surface area (Å²) in [5, 5.41) is 15.6. The zero-order chi connectivity index (χ0) is 11.3. The Hall–Kier alpha value is -2.04. The van der Waals surface area contributed by atoms with E-state index in [1.54, 1.807) is 24.3 Å². The number of hydrogen-bond acceptors (Lipinski definition) is 3. The van der Waals surface area contributed by atoms with E-state index in [9.17, 15) is 4.79 Å². The van der Waals surface area contributed by atoms with Crippen molar-refractivity contribution in [1.29, 1.82) is 5.41 Å². The summed E-state index contributed by atoms with van der Waals surface area (Å²) < 4.78 is 5.17. The molecule has 0 spiro atoms. The molecule has 0 amide bonds. The molecule has 0 aliphatic heterocycles. The van der Waals surface area contributed by atoms with Gasteiger partial charge in [0.1, 0.15) is 11.6 Å². The van der Waals surface area contributed by atoms with E-state index in [2.05, 4.69) is 0 Å². The number of carboxylic acid groups (broad SMARTS) is 1. The second-order valence-electron chi connectivity index (χ2n) is 2.93. The maximum atomic E-state index is 10.2. The first kappa shape index (κ1) is 11.0. The zero-order valence-electron chi connectivity index (χ0n) is 8.06. The number of carbonyl (C=O) groups is 1. The summed E-state index contributed by atoms with van der Waals surface area (Å²) in [6.45, 7) is 0.108. The lowest BCUT2D eigenvalue weighted by Gasteiger charge is -2.05. The van der Waals surface area contributed by atoms with Crippen LogP contribution in [0.2, 0.25) is 0 Å². The number of nitrogens with two attached hydrogens (primary N) is 1. The molecule has 0 unspecified atom stereocenters. The monoisotopic (exact) mass is 208 g/mol. The molecule has 0 radical (unpaired) electrons. The van der Waals surface area contributed by atoms with Crippen LogP contribution in [0.1, 0.15) is 12.0 Å². The number of ether oxygens (including phenoxy) is 1. The van der Waals surface area contributed by atoms with E-state index in [0.29, 0.717) is 11.3 Å². The molecule has 0 aliphatic rings. The lowest BCUT2D eigenvalue weighted by atomic mass is 10.2. The molecule has 0 heterocycles. The molecule has 15 heavy (non-hydrogen) atoms. The summed E-state index contributed by atoms with van der Waals surface area (Å²) >= 11 is 0. The first-order valence-corrected chi connectivity index (χ1v) is 4.38.